The molecular weight excluding hydrogens is 583 g/mol. The molecule has 0 saturated carbocycles. The Balaban J connectivity index is 1.07. The number of furan rings is 1. The molecule has 0 amide bonds. The summed E-state index contributed by atoms with van der Waals surface area (Å²) in [6.45, 7) is 0. The normalized spacial score (nSPS) is 12.2. The highest BCUT2D eigenvalue weighted by atomic mass is 16.3. The molecule has 0 atom stereocenters. The lowest BCUT2D eigenvalue weighted by Gasteiger charge is -2.10. The van der Waals surface area contributed by atoms with Crippen molar-refractivity contribution in [3.8, 4) is 50.2 Å². The van der Waals surface area contributed by atoms with Crippen LogP contribution in [0.4, 0.5) is 0 Å². The second-order valence-corrected chi connectivity index (χ2v) is 12.9. The molecule has 10 aromatic rings. The molecule has 11 rings (SSSR count). The maximum Gasteiger partial charge on any atom is 0.135 e. The van der Waals surface area contributed by atoms with Gasteiger partial charge in [-0.1, -0.05) is 109 Å². The van der Waals surface area contributed by atoms with E-state index in [2.05, 4.69) is 168 Å². The molecule has 0 unspecified atom stereocenters. The Hall–Kier alpha value is -6.38. The highest BCUT2D eigenvalue weighted by molar-refractivity contribution is 6.19. The van der Waals surface area contributed by atoms with Crippen LogP contribution in [0.1, 0.15) is 0 Å². The van der Waals surface area contributed by atoms with Gasteiger partial charge < -0.3 is 8.98 Å². The Bertz CT molecular complexity index is 2910. The van der Waals surface area contributed by atoms with E-state index < -0.39 is 0 Å². The molecule has 0 radical (unpaired) electrons. The van der Waals surface area contributed by atoms with Crippen molar-refractivity contribution >= 4 is 54.5 Å². The molecule has 2 aromatic heterocycles. The van der Waals surface area contributed by atoms with E-state index in [0.29, 0.717) is 0 Å². The average Bonchev–Trinajstić information content (AvgIpc) is 3.80. The van der Waals surface area contributed by atoms with Crippen LogP contribution in [0.5, 0.6) is 0 Å². The molecule has 0 saturated heterocycles. The van der Waals surface area contributed by atoms with E-state index in [4.69, 9.17) is 4.42 Å². The van der Waals surface area contributed by atoms with Gasteiger partial charge in [-0.3, -0.25) is 0 Å². The molecule has 0 N–H and O–H groups in total. The number of nitrogens with zero attached hydrogens (tertiary/aromatic N) is 1. The van der Waals surface area contributed by atoms with Crippen LogP contribution >= 0.6 is 0 Å². The first-order chi connectivity index (χ1) is 23.8. The van der Waals surface area contributed by atoms with E-state index in [1.165, 1.54) is 82.8 Å². The third-order valence-corrected chi connectivity index (χ3v) is 10.3. The SMILES string of the molecule is c1ccc(-n2c3ccccc3c3cc(-c4ccc5oc6ccc(-c7ccc8c9c(cccc79)-c7ccccc7-8)cc6c5c4)ccc32)cc1. The van der Waals surface area contributed by atoms with Crippen LogP contribution in [0.25, 0.3) is 105 Å². The quantitative estimate of drug-likeness (QED) is 0.195. The zero-order chi connectivity index (χ0) is 31.3. The molecule has 2 heteroatoms. The Kier molecular flexibility index (Phi) is 5.14. The first-order valence-electron chi connectivity index (χ1n) is 16.5. The Labute approximate surface area is 276 Å². The Morgan fingerprint density at radius 1 is 0.333 bits per heavy atom. The molecule has 0 bridgehead atoms. The molecule has 222 valence electrons. The number of benzene rings is 8. The fraction of sp³-hybridized carbons (Fsp3) is 0. The van der Waals surface area contributed by atoms with E-state index in [0.717, 1.165) is 21.9 Å². The van der Waals surface area contributed by atoms with Crippen LogP contribution in [0.15, 0.2) is 168 Å². The first-order valence-corrected chi connectivity index (χ1v) is 16.5. The van der Waals surface area contributed by atoms with Gasteiger partial charge in [-0.15, -0.1) is 0 Å². The van der Waals surface area contributed by atoms with Crippen LogP contribution in [0.2, 0.25) is 0 Å². The van der Waals surface area contributed by atoms with Gasteiger partial charge in [0.15, 0.2) is 0 Å². The Morgan fingerprint density at radius 2 is 0.896 bits per heavy atom. The van der Waals surface area contributed by atoms with Gasteiger partial charge in [-0.25, -0.2) is 0 Å². The topological polar surface area (TPSA) is 18.1 Å². The average molecular weight is 610 g/mol. The van der Waals surface area contributed by atoms with Gasteiger partial charge in [-0.05, 0) is 110 Å². The predicted molar refractivity (Wildman–Crippen MR) is 201 cm³/mol. The number of para-hydroxylation sites is 2. The molecular formula is C46H27NO. The second-order valence-electron chi connectivity index (χ2n) is 12.9. The standard InChI is InChI=1S/C46H27NO/c1-2-9-31(10-3-1)47-42-16-7-6-13-35(42)39-25-28(17-22-43(39)47)29-18-23-44-40(26-29)41-27-30(19-24-45(41)48-44)32-20-21-38-34-12-5-4-11-33(34)37-15-8-14-36(32)46(37)38/h1-27H. The molecule has 2 heterocycles. The van der Waals surface area contributed by atoms with Gasteiger partial charge in [0.1, 0.15) is 11.2 Å². The van der Waals surface area contributed by atoms with Crippen molar-refractivity contribution in [1.82, 2.24) is 4.57 Å². The third-order valence-electron chi connectivity index (χ3n) is 10.3. The maximum atomic E-state index is 6.39. The number of rotatable bonds is 3. The van der Waals surface area contributed by atoms with Gasteiger partial charge in [0.2, 0.25) is 0 Å². The number of fused-ring (bicyclic) bond motifs is 9. The fourth-order valence-corrected chi connectivity index (χ4v) is 8.19. The lowest BCUT2D eigenvalue weighted by molar-refractivity contribution is 0.669. The first kappa shape index (κ1) is 25.8. The van der Waals surface area contributed by atoms with Gasteiger partial charge >= 0.3 is 0 Å². The van der Waals surface area contributed by atoms with Crippen LogP contribution in [0.3, 0.4) is 0 Å². The largest absolute Gasteiger partial charge is 0.456 e. The second kappa shape index (κ2) is 9.57. The molecule has 1 aliphatic rings. The van der Waals surface area contributed by atoms with Crippen molar-refractivity contribution in [3.05, 3.63) is 164 Å². The summed E-state index contributed by atoms with van der Waals surface area (Å²) in [7, 11) is 0. The summed E-state index contributed by atoms with van der Waals surface area (Å²) in [5.41, 5.74) is 15.5. The van der Waals surface area contributed by atoms with Crippen molar-refractivity contribution in [1.29, 1.82) is 0 Å². The molecule has 0 aliphatic heterocycles. The summed E-state index contributed by atoms with van der Waals surface area (Å²) in [6.07, 6.45) is 0. The fourth-order valence-electron chi connectivity index (χ4n) is 8.19. The van der Waals surface area contributed by atoms with Gasteiger partial charge in [0.25, 0.3) is 0 Å². The smallest absolute Gasteiger partial charge is 0.135 e. The van der Waals surface area contributed by atoms with Gasteiger partial charge in [0, 0.05) is 27.2 Å². The minimum atomic E-state index is 0.906. The summed E-state index contributed by atoms with van der Waals surface area (Å²) in [5.74, 6) is 0. The third kappa shape index (κ3) is 3.52. The molecule has 0 fully saturated rings. The lowest BCUT2D eigenvalue weighted by atomic mass is 9.93. The highest BCUT2D eigenvalue weighted by Gasteiger charge is 2.22. The predicted octanol–water partition coefficient (Wildman–Crippen LogP) is 12.8. The molecule has 0 spiro atoms. The molecule has 48 heavy (non-hydrogen) atoms. The van der Waals surface area contributed by atoms with Crippen molar-refractivity contribution in [3.63, 3.8) is 0 Å². The van der Waals surface area contributed by atoms with E-state index in [1.54, 1.807) is 0 Å². The van der Waals surface area contributed by atoms with E-state index >= 15 is 0 Å². The molecule has 1 aliphatic carbocycles. The summed E-state index contributed by atoms with van der Waals surface area (Å²) < 4.78 is 8.75. The minimum absolute atomic E-state index is 0.906. The van der Waals surface area contributed by atoms with Crippen molar-refractivity contribution in [2.45, 2.75) is 0 Å². The summed E-state index contributed by atoms with van der Waals surface area (Å²) in [4.78, 5) is 0. The highest BCUT2D eigenvalue weighted by Crippen LogP contribution is 2.49. The van der Waals surface area contributed by atoms with Crippen molar-refractivity contribution in [2.75, 3.05) is 0 Å². The number of hydrogen-bond acceptors (Lipinski definition) is 1. The van der Waals surface area contributed by atoms with Gasteiger partial charge in [-0.2, -0.15) is 0 Å². The van der Waals surface area contributed by atoms with Crippen molar-refractivity contribution < 1.29 is 4.42 Å². The summed E-state index contributed by atoms with van der Waals surface area (Å²) in [6, 6.07) is 59.5. The summed E-state index contributed by atoms with van der Waals surface area (Å²) in [5, 5.41) is 7.41. The van der Waals surface area contributed by atoms with Gasteiger partial charge in [0.05, 0.1) is 11.0 Å². The monoisotopic (exact) mass is 609 g/mol. The zero-order valence-corrected chi connectivity index (χ0v) is 25.9. The van der Waals surface area contributed by atoms with Crippen LogP contribution < -0.4 is 0 Å². The van der Waals surface area contributed by atoms with Crippen LogP contribution in [-0.2, 0) is 0 Å². The lowest BCUT2D eigenvalue weighted by Crippen LogP contribution is -1.92. The van der Waals surface area contributed by atoms with E-state index in [9.17, 15) is 0 Å². The maximum absolute atomic E-state index is 6.39. The summed E-state index contributed by atoms with van der Waals surface area (Å²) >= 11 is 0. The van der Waals surface area contributed by atoms with E-state index in [-0.39, 0.29) is 0 Å². The Morgan fingerprint density at radius 3 is 1.71 bits per heavy atom. The van der Waals surface area contributed by atoms with Crippen LogP contribution in [-0.4, -0.2) is 4.57 Å². The number of aromatic nitrogens is 1. The zero-order valence-electron chi connectivity index (χ0n) is 25.9. The molecule has 8 aromatic carbocycles. The number of hydrogen-bond donors (Lipinski definition) is 0. The van der Waals surface area contributed by atoms with Crippen LogP contribution in [0, 0.1) is 0 Å². The van der Waals surface area contributed by atoms with E-state index in [1.807, 2.05) is 0 Å². The molecule has 2 nitrogen and oxygen atoms in total. The minimum Gasteiger partial charge on any atom is -0.456 e. The van der Waals surface area contributed by atoms with Crippen molar-refractivity contribution in [2.24, 2.45) is 0 Å².